The number of ketones is 1. The first-order chi connectivity index (χ1) is 22.3. The van der Waals surface area contributed by atoms with E-state index in [-0.39, 0.29) is 38.0 Å². The van der Waals surface area contributed by atoms with Crippen molar-refractivity contribution in [2.75, 3.05) is 6.54 Å². The van der Waals surface area contributed by atoms with Crippen LogP contribution in [-0.4, -0.2) is 87.6 Å². The van der Waals surface area contributed by atoms with Gasteiger partial charge in [-0.25, -0.2) is 4.79 Å². The maximum atomic E-state index is 14.4. The van der Waals surface area contributed by atoms with Crippen LogP contribution in [0.25, 0.3) is 0 Å². The summed E-state index contributed by atoms with van der Waals surface area (Å²) in [6.45, 7) is 7.29. The molecule has 0 radical (unpaired) electrons. The Morgan fingerprint density at radius 2 is 1.85 bits per heavy atom. The Bertz CT molecular complexity index is 1420. The van der Waals surface area contributed by atoms with Crippen molar-refractivity contribution >= 4 is 46.9 Å². The van der Waals surface area contributed by atoms with Crippen LogP contribution in [0, 0.1) is 5.41 Å². The number of hydrogen-bond acceptors (Lipinski definition) is 9. The van der Waals surface area contributed by atoms with E-state index in [0.29, 0.717) is 22.8 Å². The molecule has 3 heterocycles. The van der Waals surface area contributed by atoms with Crippen LogP contribution < -0.4 is 16.0 Å². The van der Waals surface area contributed by atoms with Gasteiger partial charge in [-0.2, -0.15) is 0 Å². The molecule has 256 valence electrons. The summed E-state index contributed by atoms with van der Waals surface area (Å²) >= 11 is 6.19. The Morgan fingerprint density at radius 3 is 2.49 bits per heavy atom. The summed E-state index contributed by atoms with van der Waals surface area (Å²) in [5.41, 5.74) is -0.800. The van der Waals surface area contributed by atoms with Gasteiger partial charge in [-0.05, 0) is 62.5 Å². The zero-order valence-electron chi connectivity index (χ0n) is 27.5. The summed E-state index contributed by atoms with van der Waals surface area (Å²) in [6.07, 6.45) is 6.89. The van der Waals surface area contributed by atoms with E-state index < -0.39 is 58.7 Å². The number of halogens is 1. The molecule has 1 saturated heterocycles. The molecule has 2 saturated carbocycles. The maximum Gasteiger partial charge on any atom is 0.408 e. The normalized spacial score (nSPS) is 23.9. The lowest BCUT2D eigenvalue weighted by Gasteiger charge is -2.35. The molecule has 3 N–H and O–H groups in total. The summed E-state index contributed by atoms with van der Waals surface area (Å²) in [7, 11) is 0. The number of ether oxygens (including phenoxy) is 1. The number of alkyl carbamates (subject to hydrolysis) is 1. The van der Waals surface area contributed by atoms with E-state index in [0.717, 1.165) is 38.5 Å². The smallest absolute Gasteiger partial charge is 0.408 e. The third kappa shape index (κ3) is 8.41. The van der Waals surface area contributed by atoms with Gasteiger partial charge in [0.25, 0.3) is 5.91 Å². The number of amides is 4. The van der Waals surface area contributed by atoms with Crippen LogP contribution in [0.15, 0.2) is 23.5 Å². The van der Waals surface area contributed by atoms with Crippen LogP contribution >= 0.6 is 11.6 Å². The first kappa shape index (κ1) is 34.6. The standard InChI is InChI=1S/C33H45ClN6O7/c1-5-8-22(26(41)29(43)36-20-11-12-20)37-28(42)25-17-33(16-24(39-47-33)23-15-19(34)13-14-35-23)18-40(25)30(44)27(32(2,3)4)38-31(45)46-21-9-6-7-10-21/h13-15,20-22,25,27H,5-12,16-18H2,1-4H3,(H,36,43)(H,37,42)(H,38,45)/t22-,25-,27+,33+/m0/s1. The first-order valence-corrected chi connectivity index (χ1v) is 17.0. The molecule has 1 spiro atoms. The molecule has 1 aromatic heterocycles. The van der Waals surface area contributed by atoms with Gasteiger partial charge < -0.3 is 30.4 Å². The van der Waals surface area contributed by atoms with Crippen molar-refractivity contribution in [3.8, 4) is 0 Å². The van der Waals surface area contributed by atoms with Crippen LogP contribution in [0.4, 0.5) is 4.79 Å². The van der Waals surface area contributed by atoms with E-state index >= 15 is 0 Å². The van der Waals surface area contributed by atoms with E-state index in [9.17, 15) is 24.0 Å². The number of rotatable bonds is 11. The second-order valence-corrected chi connectivity index (χ2v) is 14.7. The Morgan fingerprint density at radius 1 is 1.13 bits per heavy atom. The van der Waals surface area contributed by atoms with Gasteiger partial charge >= 0.3 is 6.09 Å². The van der Waals surface area contributed by atoms with Crippen LogP contribution in [-0.2, 0) is 28.8 Å². The predicted molar refractivity (Wildman–Crippen MR) is 172 cm³/mol. The SMILES string of the molecule is CCC[C@H](NC(=O)[C@@H]1C[C@]2(CC(c3cc(Cl)ccn3)=NO2)CN1C(=O)[C@@H](NC(=O)OC1CCCC1)C(C)(C)C)C(=O)C(=O)NC1CC1. The molecule has 4 amide bonds. The lowest BCUT2D eigenvalue weighted by Crippen LogP contribution is -2.59. The number of oxime groups is 1. The number of nitrogens with zero attached hydrogens (tertiary/aromatic N) is 3. The second kappa shape index (κ2) is 14.2. The van der Waals surface area contributed by atoms with Gasteiger partial charge in [-0.15, -0.1) is 0 Å². The van der Waals surface area contributed by atoms with E-state index in [1.807, 2.05) is 27.7 Å². The number of hydrogen-bond donors (Lipinski definition) is 3. The lowest BCUT2D eigenvalue weighted by atomic mass is 9.85. The fourth-order valence-corrected chi connectivity index (χ4v) is 6.58. The van der Waals surface area contributed by atoms with E-state index in [1.54, 1.807) is 18.3 Å². The monoisotopic (exact) mass is 672 g/mol. The van der Waals surface area contributed by atoms with Gasteiger partial charge in [-0.1, -0.05) is 50.9 Å². The van der Waals surface area contributed by atoms with Crippen molar-refractivity contribution in [3.63, 3.8) is 0 Å². The van der Waals surface area contributed by atoms with Gasteiger partial charge in [-0.3, -0.25) is 24.2 Å². The minimum Gasteiger partial charge on any atom is -0.446 e. The van der Waals surface area contributed by atoms with Crippen molar-refractivity contribution in [1.82, 2.24) is 25.8 Å². The van der Waals surface area contributed by atoms with Crippen molar-refractivity contribution in [2.24, 2.45) is 10.6 Å². The summed E-state index contributed by atoms with van der Waals surface area (Å²) in [4.78, 5) is 78.9. The van der Waals surface area contributed by atoms with Gasteiger partial charge in [0.15, 0.2) is 5.60 Å². The highest BCUT2D eigenvalue weighted by atomic mass is 35.5. The van der Waals surface area contributed by atoms with Gasteiger partial charge in [0, 0.05) is 30.1 Å². The van der Waals surface area contributed by atoms with Crippen molar-refractivity contribution < 1.29 is 33.5 Å². The van der Waals surface area contributed by atoms with Crippen molar-refractivity contribution in [3.05, 3.63) is 29.0 Å². The fourth-order valence-electron chi connectivity index (χ4n) is 6.42. The molecule has 3 fully saturated rings. The van der Waals surface area contributed by atoms with E-state index in [2.05, 4.69) is 26.1 Å². The average Bonchev–Trinajstić information content (AvgIpc) is 3.37. The summed E-state index contributed by atoms with van der Waals surface area (Å²) in [5, 5.41) is 13.0. The maximum absolute atomic E-state index is 14.4. The Kier molecular flexibility index (Phi) is 10.4. The van der Waals surface area contributed by atoms with Crippen LogP contribution in [0.2, 0.25) is 5.02 Å². The number of carbonyl (C=O) groups is 5. The van der Waals surface area contributed by atoms with E-state index in [4.69, 9.17) is 21.2 Å². The quantitative estimate of drug-likeness (QED) is 0.301. The number of carbonyl (C=O) groups excluding carboxylic acids is 5. The molecule has 2 aliphatic heterocycles. The number of aromatic nitrogens is 1. The zero-order chi connectivity index (χ0) is 33.9. The highest BCUT2D eigenvalue weighted by Crippen LogP contribution is 2.40. The highest BCUT2D eigenvalue weighted by molar-refractivity contribution is 6.38. The minimum atomic E-state index is -1.08. The summed E-state index contributed by atoms with van der Waals surface area (Å²) < 4.78 is 5.61. The molecule has 0 aromatic carbocycles. The van der Waals surface area contributed by atoms with Gasteiger partial charge in [0.2, 0.25) is 17.6 Å². The second-order valence-electron chi connectivity index (χ2n) is 14.3. The molecule has 13 nitrogen and oxygen atoms in total. The van der Waals surface area contributed by atoms with Gasteiger partial charge in [0.05, 0.1) is 18.3 Å². The zero-order valence-corrected chi connectivity index (χ0v) is 28.2. The molecule has 2 aliphatic carbocycles. The number of pyridine rings is 1. The molecule has 5 rings (SSSR count). The highest BCUT2D eigenvalue weighted by Gasteiger charge is 2.56. The average molecular weight is 673 g/mol. The fraction of sp³-hybridized carbons (Fsp3) is 0.667. The third-order valence-corrected chi connectivity index (χ3v) is 9.38. The van der Waals surface area contributed by atoms with Crippen molar-refractivity contribution in [1.29, 1.82) is 0 Å². The third-order valence-electron chi connectivity index (χ3n) is 9.14. The Labute approximate surface area is 279 Å². The molecule has 4 atom stereocenters. The molecule has 14 heteroatoms. The topological polar surface area (TPSA) is 168 Å². The summed E-state index contributed by atoms with van der Waals surface area (Å²) in [5.74, 6) is -2.55. The summed E-state index contributed by atoms with van der Waals surface area (Å²) in [6, 6.07) is 0.0931. The molecule has 0 bridgehead atoms. The predicted octanol–water partition coefficient (Wildman–Crippen LogP) is 3.42. The number of nitrogens with one attached hydrogen (secondary N) is 3. The molecule has 0 unspecified atom stereocenters. The van der Waals surface area contributed by atoms with Crippen molar-refractivity contribution in [2.45, 2.75) is 128 Å². The molecular formula is C33H45ClN6O7. The molecule has 4 aliphatic rings. The lowest BCUT2D eigenvalue weighted by molar-refractivity contribution is -0.144. The first-order valence-electron chi connectivity index (χ1n) is 16.6. The number of likely N-dealkylation sites (tertiary alicyclic amines) is 1. The molecule has 47 heavy (non-hydrogen) atoms. The largest absolute Gasteiger partial charge is 0.446 e. The molecular weight excluding hydrogens is 628 g/mol. The van der Waals surface area contributed by atoms with Crippen LogP contribution in [0.5, 0.6) is 0 Å². The van der Waals surface area contributed by atoms with E-state index in [1.165, 1.54) is 4.90 Å². The minimum absolute atomic E-state index is 0.0159. The molecule has 1 aromatic rings. The number of Topliss-reactive ketones (excluding diaryl/α,β-unsaturated/α-hetero) is 1. The van der Waals surface area contributed by atoms with Gasteiger partial charge in [0.1, 0.15) is 23.9 Å². The Balaban J connectivity index is 1.38. The Hall–Kier alpha value is -3.74. The van der Waals surface area contributed by atoms with Crippen LogP contribution in [0.1, 0.15) is 97.6 Å². The van der Waals surface area contributed by atoms with Crippen LogP contribution in [0.3, 0.4) is 0 Å².